The van der Waals surface area contributed by atoms with Crippen LogP contribution in [0.15, 0.2) is 42.5 Å². The third-order valence-electron chi connectivity index (χ3n) is 3.92. The lowest BCUT2D eigenvalue weighted by Crippen LogP contribution is -2.10. The van der Waals surface area contributed by atoms with Crippen molar-refractivity contribution < 1.29 is 42.7 Å². The van der Waals surface area contributed by atoms with Gasteiger partial charge < -0.3 is 37.9 Å². The zero-order chi connectivity index (χ0) is 23.2. The average Bonchev–Trinajstić information content (AvgIpc) is 2.82. The van der Waals surface area contributed by atoms with Crippen molar-refractivity contribution in [1.82, 2.24) is 0 Å². The van der Waals surface area contributed by atoms with Crippen molar-refractivity contribution in [3.05, 3.63) is 53.6 Å². The van der Waals surface area contributed by atoms with Gasteiger partial charge in [-0.25, -0.2) is 0 Å². The van der Waals surface area contributed by atoms with Crippen molar-refractivity contribution in [3.63, 3.8) is 0 Å². The molecule has 0 bridgehead atoms. The number of ketones is 1. The summed E-state index contributed by atoms with van der Waals surface area (Å²) in [5, 5.41) is 0. The molecule has 0 heterocycles. The first-order valence-electron chi connectivity index (χ1n) is 9.60. The number of hydrogen-bond acceptors (Lipinski definition) is 9. The van der Waals surface area contributed by atoms with Crippen LogP contribution < -0.4 is 18.9 Å². The van der Waals surface area contributed by atoms with Crippen molar-refractivity contribution in [2.75, 3.05) is 55.6 Å². The Morgan fingerprint density at radius 3 is 1.81 bits per heavy atom. The summed E-state index contributed by atoms with van der Waals surface area (Å²) in [4.78, 5) is 13.1. The molecule has 2 aromatic rings. The van der Waals surface area contributed by atoms with Crippen LogP contribution in [0.25, 0.3) is 6.08 Å². The zero-order valence-electron chi connectivity index (χ0n) is 18.6. The zero-order valence-corrected chi connectivity index (χ0v) is 18.6. The lowest BCUT2D eigenvalue weighted by Gasteiger charge is -2.16. The molecule has 2 rings (SSSR count). The van der Waals surface area contributed by atoms with Crippen molar-refractivity contribution in [2.45, 2.75) is 0 Å². The summed E-state index contributed by atoms with van der Waals surface area (Å²) in [7, 11) is 6.00. The molecule has 0 N–H and O–H groups in total. The maximum Gasteiger partial charge on any atom is 0.193 e. The van der Waals surface area contributed by atoms with E-state index in [1.54, 1.807) is 37.5 Å². The van der Waals surface area contributed by atoms with E-state index in [1.165, 1.54) is 27.4 Å². The Hall–Kier alpha value is -3.11. The highest BCUT2D eigenvalue weighted by Gasteiger charge is 2.20. The van der Waals surface area contributed by atoms with Gasteiger partial charge in [0.2, 0.25) is 0 Å². The average molecular weight is 448 g/mol. The summed E-state index contributed by atoms with van der Waals surface area (Å²) in [5.74, 6) is 1.14. The SMILES string of the molecule is COCOc1cccc(C=CC(=O)c2c(OCOC)cc(OCOC)cc2OCOC)c1. The van der Waals surface area contributed by atoms with Crippen molar-refractivity contribution in [1.29, 1.82) is 0 Å². The summed E-state index contributed by atoms with van der Waals surface area (Å²) in [6.45, 7) is 0.00670. The molecule has 0 atom stereocenters. The summed E-state index contributed by atoms with van der Waals surface area (Å²) >= 11 is 0. The first-order chi connectivity index (χ1) is 15.6. The Kier molecular flexibility index (Phi) is 11.0. The van der Waals surface area contributed by atoms with Gasteiger partial charge in [0.15, 0.2) is 33.0 Å². The normalized spacial score (nSPS) is 10.9. The van der Waals surface area contributed by atoms with E-state index in [0.717, 1.165) is 5.56 Å². The summed E-state index contributed by atoms with van der Waals surface area (Å²) in [5.41, 5.74) is 0.970. The predicted octanol–water partition coefficient (Wildman–Crippen LogP) is 3.51. The quantitative estimate of drug-likeness (QED) is 0.231. The third kappa shape index (κ3) is 7.86. The van der Waals surface area contributed by atoms with Crippen LogP contribution in [0.2, 0.25) is 0 Å². The number of rotatable bonds is 15. The molecule has 32 heavy (non-hydrogen) atoms. The molecule has 0 saturated carbocycles. The van der Waals surface area contributed by atoms with Crippen molar-refractivity contribution in [3.8, 4) is 23.0 Å². The van der Waals surface area contributed by atoms with Crippen LogP contribution in [0, 0.1) is 0 Å². The molecule has 0 amide bonds. The molecule has 0 saturated heterocycles. The Labute approximate surface area is 187 Å². The number of carbonyl (C=O) groups excluding carboxylic acids is 1. The molecular formula is C23H28O9. The molecule has 2 aromatic carbocycles. The van der Waals surface area contributed by atoms with Gasteiger partial charge in [-0.05, 0) is 23.8 Å². The van der Waals surface area contributed by atoms with Crippen molar-refractivity contribution in [2.24, 2.45) is 0 Å². The maximum absolute atomic E-state index is 13.1. The molecule has 0 aromatic heterocycles. The van der Waals surface area contributed by atoms with Gasteiger partial charge in [-0.1, -0.05) is 18.2 Å². The van der Waals surface area contributed by atoms with E-state index in [2.05, 4.69) is 0 Å². The van der Waals surface area contributed by atoms with Crippen LogP contribution in [0.3, 0.4) is 0 Å². The highest BCUT2D eigenvalue weighted by molar-refractivity contribution is 6.10. The lowest BCUT2D eigenvalue weighted by molar-refractivity contribution is 0.0400. The number of methoxy groups -OCH3 is 4. The number of carbonyl (C=O) groups is 1. The highest BCUT2D eigenvalue weighted by Crippen LogP contribution is 2.35. The molecule has 0 aliphatic heterocycles. The standard InChI is InChI=1S/C23H28O9/c1-25-13-29-18-7-5-6-17(10-18)8-9-20(24)23-21(31-15-27-3)11-19(30-14-26-2)12-22(23)32-16-28-4/h5-12H,13-16H2,1-4H3. The van der Waals surface area contributed by atoms with Crippen LogP contribution in [0.5, 0.6) is 23.0 Å². The molecule has 174 valence electrons. The fraction of sp³-hybridized carbons (Fsp3) is 0.348. The van der Waals surface area contributed by atoms with Gasteiger partial charge >= 0.3 is 0 Å². The summed E-state index contributed by atoms with van der Waals surface area (Å²) < 4.78 is 42.0. The summed E-state index contributed by atoms with van der Waals surface area (Å²) in [6.07, 6.45) is 3.08. The Morgan fingerprint density at radius 1 is 0.719 bits per heavy atom. The van der Waals surface area contributed by atoms with E-state index >= 15 is 0 Å². The minimum Gasteiger partial charge on any atom is -0.468 e. The monoisotopic (exact) mass is 448 g/mol. The highest BCUT2D eigenvalue weighted by atomic mass is 16.7. The molecule has 0 fully saturated rings. The van der Waals surface area contributed by atoms with Crippen LogP contribution in [-0.2, 0) is 18.9 Å². The van der Waals surface area contributed by atoms with E-state index in [9.17, 15) is 4.79 Å². The van der Waals surface area contributed by atoms with Crippen LogP contribution in [0.4, 0.5) is 0 Å². The molecule has 0 radical (unpaired) electrons. The maximum atomic E-state index is 13.1. The second-order valence-electron chi connectivity index (χ2n) is 6.27. The molecule has 0 aliphatic carbocycles. The summed E-state index contributed by atoms with van der Waals surface area (Å²) in [6, 6.07) is 10.4. The van der Waals surface area contributed by atoms with Gasteiger partial charge in [0, 0.05) is 40.6 Å². The first kappa shape index (κ1) is 25.2. The molecule has 9 heteroatoms. The van der Waals surface area contributed by atoms with Gasteiger partial charge in [0.05, 0.1) is 0 Å². The van der Waals surface area contributed by atoms with Crippen LogP contribution >= 0.6 is 0 Å². The second-order valence-corrected chi connectivity index (χ2v) is 6.27. The fourth-order valence-corrected chi connectivity index (χ4v) is 2.58. The second kappa shape index (κ2) is 14.0. The van der Waals surface area contributed by atoms with Gasteiger partial charge in [-0.2, -0.15) is 0 Å². The molecular weight excluding hydrogens is 420 g/mol. The third-order valence-corrected chi connectivity index (χ3v) is 3.92. The van der Waals surface area contributed by atoms with Crippen LogP contribution in [0.1, 0.15) is 15.9 Å². The molecule has 9 nitrogen and oxygen atoms in total. The van der Waals surface area contributed by atoms with E-state index in [1.807, 2.05) is 12.1 Å². The molecule has 0 spiro atoms. The smallest absolute Gasteiger partial charge is 0.193 e. The number of ether oxygens (including phenoxy) is 8. The number of hydrogen-bond donors (Lipinski definition) is 0. The van der Waals surface area contributed by atoms with E-state index < -0.39 is 0 Å². The minimum atomic E-state index is -0.344. The number of benzene rings is 2. The fourth-order valence-electron chi connectivity index (χ4n) is 2.58. The van der Waals surface area contributed by atoms with Gasteiger partial charge in [-0.15, -0.1) is 0 Å². The Balaban J connectivity index is 2.36. The number of allylic oxidation sites excluding steroid dienone is 1. The first-order valence-corrected chi connectivity index (χ1v) is 9.60. The molecule has 0 aliphatic rings. The Bertz CT molecular complexity index is 851. The Morgan fingerprint density at radius 2 is 1.25 bits per heavy atom. The van der Waals surface area contributed by atoms with Crippen LogP contribution in [-0.4, -0.2) is 61.4 Å². The minimum absolute atomic E-state index is 0.0160. The van der Waals surface area contributed by atoms with Gasteiger partial charge in [0.25, 0.3) is 0 Å². The largest absolute Gasteiger partial charge is 0.468 e. The topological polar surface area (TPSA) is 90.9 Å². The van der Waals surface area contributed by atoms with Crippen molar-refractivity contribution >= 4 is 11.9 Å². The van der Waals surface area contributed by atoms with E-state index in [4.69, 9.17) is 37.9 Å². The van der Waals surface area contributed by atoms with E-state index in [0.29, 0.717) is 11.5 Å². The molecule has 0 unspecified atom stereocenters. The lowest BCUT2D eigenvalue weighted by atomic mass is 10.1. The van der Waals surface area contributed by atoms with Gasteiger partial charge in [-0.3, -0.25) is 4.79 Å². The van der Waals surface area contributed by atoms with E-state index in [-0.39, 0.29) is 50.0 Å². The predicted molar refractivity (Wildman–Crippen MR) is 116 cm³/mol. The van der Waals surface area contributed by atoms with Gasteiger partial charge in [0.1, 0.15) is 28.6 Å².